The molecule has 1 rings (SSSR count). The molecule has 84 valence electrons. The molecule has 1 amide bonds. The fraction of sp³-hybridized carbons (Fsp3) is 0.308. The lowest BCUT2D eigenvalue weighted by Crippen LogP contribution is -2.40. The minimum Gasteiger partial charge on any atom is -0.358 e. The Hall–Kier alpha value is -1.79. The third-order valence-electron chi connectivity index (χ3n) is 2.14. The summed E-state index contributed by atoms with van der Waals surface area (Å²) >= 11 is 0. The molecule has 0 radical (unpaired) electrons. The molecule has 0 spiro atoms. The van der Waals surface area contributed by atoms with E-state index >= 15 is 0 Å². The Bertz CT molecular complexity index is 389. The summed E-state index contributed by atoms with van der Waals surface area (Å²) in [7, 11) is 1.62. The third-order valence-corrected chi connectivity index (χ3v) is 2.14. The van der Waals surface area contributed by atoms with Crippen LogP contribution in [0.25, 0.3) is 0 Å². The Morgan fingerprint density at radius 2 is 2.06 bits per heavy atom. The van der Waals surface area contributed by atoms with Crippen molar-refractivity contribution in [2.45, 2.75) is 13.0 Å². The normalized spacial score (nSPS) is 11.1. The highest BCUT2D eigenvalue weighted by Crippen LogP contribution is 1.94. The first kappa shape index (κ1) is 12.3. The maximum absolute atomic E-state index is 11.2. The summed E-state index contributed by atoms with van der Waals surface area (Å²) in [6.07, 6.45) is 0. The Labute approximate surface area is 96.2 Å². The van der Waals surface area contributed by atoms with E-state index in [9.17, 15) is 4.79 Å². The molecular weight excluding hydrogens is 200 g/mol. The zero-order valence-corrected chi connectivity index (χ0v) is 9.58. The minimum atomic E-state index is -0.213. The van der Waals surface area contributed by atoms with Crippen molar-refractivity contribution in [1.29, 1.82) is 0 Å². The summed E-state index contributed by atoms with van der Waals surface area (Å²) in [5, 5.41) is 5.59. The van der Waals surface area contributed by atoms with Gasteiger partial charge in [0.1, 0.15) is 0 Å². The van der Waals surface area contributed by atoms with Crippen LogP contribution < -0.4 is 10.6 Å². The number of hydrogen-bond donors (Lipinski definition) is 2. The van der Waals surface area contributed by atoms with E-state index in [4.69, 9.17) is 0 Å². The molecule has 1 atom stereocenters. The summed E-state index contributed by atoms with van der Waals surface area (Å²) in [4.78, 5) is 11.2. The van der Waals surface area contributed by atoms with E-state index in [0.29, 0.717) is 6.54 Å². The molecule has 0 aliphatic heterocycles. The van der Waals surface area contributed by atoms with Gasteiger partial charge in [-0.25, -0.2) is 0 Å². The van der Waals surface area contributed by atoms with Crippen molar-refractivity contribution < 1.29 is 4.79 Å². The molecule has 3 nitrogen and oxygen atoms in total. The van der Waals surface area contributed by atoms with E-state index in [1.54, 1.807) is 7.05 Å². The molecule has 0 aromatic heterocycles. The Balaban J connectivity index is 2.36. The standard InChI is InChI=1S/C13H16N2O/c1-11(13(16)14-2)15-10-6-9-12-7-4-3-5-8-12/h3-5,7-8,11,15H,10H2,1-2H3,(H,14,16). The summed E-state index contributed by atoms with van der Waals surface area (Å²) in [5.41, 5.74) is 0.983. The van der Waals surface area contributed by atoms with Crippen LogP contribution in [0.4, 0.5) is 0 Å². The number of benzene rings is 1. The largest absolute Gasteiger partial charge is 0.358 e. The second kappa shape index (κ2) is 6.65. The first-order valence-corrected chi connectivity index (χ1v) is 5.23. The second-order valence-electron chi connectivity index (χ2n) is 3.38. The van der Waals surface area contributed by atoms with Crippen molar-refractivity contribution in [3.8, 4) is 11.8 Å². The smallest absolute Gasteiger partial charge is 0.236 e. The maximum Gasteiger partial charge on any atom is 0.236 e. The molecule has 1 unspecified atom stereocenters. The van der Waals surface area contributed by atoms with E-state index in [1.165, 1.54) is 0 Å². The molecule has 0 fully saturated rings. The zero-order valence-electron chi connectivity index (χ0n) is 9.58. The molecule has 1 aromatic rings. The average Bonchev–Trinajstić information content (AvgIpc) is 2.34. The van der Waals surface area contributed by atoms with Crippen molar-refractivity contribution in [1.82, 2.24) is 10.6 Å². The highest BCUT2D eigenvalue weighted by molar-refractivity contribution is 5.80. The van der Waals surface area contributed by atoms with Gasteiger partial charge >= 0.3 is 0 Å². The van der Waals surface area contributed by atoms with Crippen LogP contribution in [0, 0.1) is 11.8 Å². The van der Waals surface area contributed by atoms with Crippen LogP contribution in [-0.2, 0) is 4.79 Å². The van der Waals surface area contributed by atoms with Gasteiger partial charge in [0.25, 0.3) is 0 Å². The highest BCUT2D eigenvalue weighted by atomic mass is 16.2. The van der Waals surface area contributed by atoms with Crippen LogP contribution in [0.2, 0.25) is 0 Å². The number of likely N-dealkylation sites (N-methyl/N-ethyl adjacent to an activating group) is 1. The van der Waals surface area contributed by atoms with E-state index in [-0.39, 0.29) is 11.9 Å². The predicted molar refractivity (Wildman–Crippen MR) is 64.9 cm³/mol. The van der Waals surface area contributed by atoms with Gasteiger partial charge in [-0.3, -0.25) is 10.1 Å². The molecule has 0 aliphatic rings. The average molecular weight is 216 g/mol. The molecular formula is C13H16N2O. The molecule has 3 heteroatoms. The van der Waals surface area contributed by atoms with Gasteiger partial charge in [0, 0.05) is 12.6 Å². The molecule has 1 aromatic carbocycles. The minimum absolute atomic E-state index is 0.0264. The van der Waals surface area contributed by atoms with Crippen molar-refractivity contribution >= 4 is 5.91 Å². The Kier molecular flexibility index (Phi) is 5.10. The number of carbonyl (C=O) groups excluding carboxylic acids is 1. The quantitative estimate of drug-likeness (QED) is 0.732. The third kappa shape index (κ3) is 4.16. The molecule has 0 aliphatic carbocycles. The predicted octanol–water partition coefficient (Wildman–Crippen LogP) is 0.762. The van der Waals surface area contributed by atoms with Crippen molar-refractivity contribution in [2.75, 3.05) is 13.6 Å². The molecule has 0 saturated heterocycles. The van der Waals surface area contributed by atoms with Gasteiger partial charge in [-0.05, 0) is 19.1 Å². The number of amides is 1. The van der Waals surface area contributed by atoms with E-state index in [1.807, 2.05) is 37.3 Å². The fourth-order valence-corrected chi connectivity index (χ4v) is 1.18. The first-order valence-electron chi connectivity index (χ1n) is 5.23. The SMILES string of the molecule is CNC(=O)C(C)NCC#Cc1ccccc1. The summed E-state index contributed by atoms with van der Waals surface area (Å²) in [6, 6.07) is 9.55. The molecule has 0 saturated carbocycles. The lowest BCUT2D eigenvalue weighted by atomic mass is 10.2. The molecule has 16 heavy (non-hydrogen) atoms. The van der Waals surface area contributed by atoms with E-state index < -0.39 is 0 Å². The van der Waals surface area contributed by atoms with Gasteiger partial charge in [-0.1, -0.05) is 30.0 Å². The Morgan fingerprint density at radius 3 is 2.69 bits per heavy atom. The monoisotopic (exact) mass is 216 g/mol. The lowest BCUT2D eigenvalue weighted by molar-refractivity contribution is -0.122. The summed E-state index contributed by atoms with van der Waals surface area (Å²) in [6.45, 7) is 2.31. The van der Waals surface area contributed by atoms with Crippen LogP contribution in [0.15, 0.2) is 30.3 Å². The van der Waals surface area contributed by atoms with Gasteiger partial charge in [0.05, 0.1) is 12.6 Å². The highest BCUT2D eigenvalue weighted by Gasteiger charge is 2.07. The number of rotatable bonds is 3. The topological polar surface area (TPSA) is 41.1 Å². The summed E-state index contributed by atoms with van der Waals surface area (Å²) < 4.78 is 0. The second-order valence-corrected chi connectivity index (χ2v) is 3.38. The van der Waals surface area contributed by atoms with Gasteiger partial charge in [-0.15, -0.1) is 0 Å². The lowest BCUT2D eigenvalue weighted by Gasteiger charge is -2.08. The molecule has 2 N–H and O–H groups in total. The van der Waals surface area contributed by atoms with Crippen LogP contribution >= 0.6 is 0 Å². The van der Waals surface area contributed by atoms with Crippen LogP contribution in [0.5, 0.6) is 0 Å². The fourth-order valence-electron chi connectivity index (χ4n) is 1.18. The molecule has 0 heterocycles. The summed E-state index contributed by atoms with van der Waals surface area (Å²) in [5.74, 6) is 5.96. The number of nitrogens with one attached hydrogen (secondary N) is 2. The number of hydrogen-bond acceptors (Lipinski definition) is 2. The van der Waals surface area contributed by atoms with E-state index in [0.717, 1.165) is 5.56 Å². The van der Waals surface area contributed by atoms with Crippen LogP contribution in [0.3, 0.4) is 0 Å². The van der Waals surface area contributed by atoms with Gasteiger partial charge in [0.15, 0.2) is 0 Å². The van der Waals surface area contributed by atoms with Gasteiger partial charge < -0.3 is 5.32 Å². The van der Waals surface area contributed by atoms with Crippen LogP contribution in [-0.4, -0.2) is 25.5 Å². The zero-order chi connectivity index (χ0) is 11.8. The van der Waals surface area contributed by atoms with Gasteiger partial charge in [-0.2, -0.15) is 0 Å². The van der Waals surface area contributed by atoms with Crippen molar-refractivity contribution in [3.05, 3.63) is 35.9 Å². The molecule has 0 bridgehead atoms. The Morgan fingerprint density at radius 1 is 1.38 bits per heavy atom. The van der Waals surface area contributed by atoms with Crippen LogP contribution in [0.1, 0.15) is 12.5 Å². The van der Waals surface area contributed by atoms with E-state index in [2.05, 4.69) is 22.5 Å². The first-order chi connectivity index (χ1) is 7.74. The maximum atomic E-state index is 11.2. The van der Waals surface area contributed by atoms with Crippen molar-refractivity contribution in [2.24, 2.45) is 0 Å². The van der Waals surface area contributed by atoms with Crippen molar-refractivity contribution in [3.63, 3.8) is 0 Å². The number of carbonyl (C=O) groups is 1. The van der Waals surface area contributed by atoms with Gasteiger partial charge in [0.2, 0.25) is 5.91 Å².